The predicted octanol–water partition coefficient (Wildman–Crippen LogP) is 4.06. The molecule has 0 aliphatic heterocycles. The molecular formula is C20H22FNO3. The Hall–Kier alpha value is -2.69. The number of halogens is 1. The summed E-state index contributed by atoms with van der Waals surface area (Å²) in [6.45, 7) is 5.28. The van der Waals surface area contributed by atoms with Gasteiger partial charge in [-0.05, 0) is 55.8 Å². The number of carbonyl (C=O) groups excluding carboxylic acids is 2. The van der Waals surface area contributed by atoms with Gasteiger partial charge in [-0.3, -0.25) is 9.59 Å². The SMILES string of the molecule is CCC(=O)c1ccc(O[C@@H](C)C(=O)N[C@H](C)c2ccc(F)cc2)cc1. The van der Waals surface area contributed by atoms with Gasteiger partial charge in [-0.25, -0.2) is 4.39 Å². The van der Waals surface area contributed by atoms with E-state index in [0.717, 1.165) is 5.56 Å². The van der Waals surface area contributed by atoms with E-state index in [0.29, 0.717) is 17.7 Å². The van der Waals surface area contributed by atoms with Gasteiger partial charge in [0.1, 0.15) is 11.6 Å². The van der Waals surface area contributed by atoms with Crippen LogP contribution in [0.25, 0.3) is 0 Å². The lowest BCUT2D eigenvalue weighted by molar-refractivity contribution is -0.127. The molecule has 2 rings (SSSR count). The highest BCUT2D eigenvalue weighted by Crippen LogP contribution is 2.16. The van der Waals surface area contributed by atoms with Crippen LogP contribution in [0.1, 0.15) is 49.2 Å². The molecule has 0 saturated heterocycles. The minimum absolute atomic E-state index is 0.0606. The van der Waals surface area contributed by atoms with Crippen molar-refractivity contribution < 1.29 is 18.7 Å². The molecule has 0 fully saturated rings. The summed E-state index contributed by atoms with van der Waals surface area (Å²) in [7, 11) is 0. The van der Waals surface area contributed by atoms with E-state index in [1.54, 1.807) is 50.2 Å². The van der Waals surface area contributed by atoms with Crippen LogP contribution in [-0.4, -0.2) is 17.8 Å². The molecule has 2 atom stereocenters. The third-order valence-electron chi connectivity index (χ3n) is 3.91. The fourth-order valence-electron chi connectivity index (χ4n) is 2.35. The molecule has 132 valence electrons. The smallest absolute Gasteiger partial charge is 0.261 e. The van der Waals surface area contributed by atoms with Crippen molar-refractivity contribution in [2.75, 3.05) is 0 Å². The number of carbonyl (C=O) groups is 2. The Bertz CT molecular complexity index is 726. The van der Waals surface area contributed by atoms with Crippen molar-refractivity contribution in [3.63, 3.8) is 0 Å². The lowest BCUT2D eigenvalue weighted by atomic mass is 10.1. The van der Waals surface area contributed by atoms with Crippen LogP contribution in [0, 0.1) is 5.82 Å². The molecule has 0 bridgehead atoms. The molecule has 0 aromatic heterocycles. The van der Waals surface area contributed by atoms with Gasteiger partial charge < -0.3 is 10.1 Å². The van der Waals surface area contributed by atoms with E-state index in [1.165, 1.54) is 12.1 Å². The first-order chi connectivity index (χ1) is 11.9. The molecule has 1 N–H and O–H groups in total. The molecule has 4 nitrogen and oxygen atoms in total. The maximum Gasteiger partial charge on any atom is 0.261 e. The van der Waals surface area contributed by atoms with Crippen LogP contribution in [0.2, 0.25) is 0 Å². The number of rotatable bonds is 7. The highest BCUT2D eigenvalue weighted by Gasteiger charge is 2.18. The van der Waals surface area contributed by atoms with E-state index in [2.05, 4.69) is 5.32 Å². The predicted molar refractivity (Wildman–Crippen MR) is 94.1 cm³/mol. The molecule has 0 aliphatic rings. The molecule has 0 unspecified atom stereocenters. The van der Waals surface area contributed by atoms with Crippen molar-refractivity contribution in [2.24, 2.45) is 0 Å². The van der Waals surface area contributed by atoms with Gasteiger partial charge in [-0.2, -0.15) is 0 Å². The minimum Gasteiger partial charge on any atom is -0.481 e. The van der Waals surface area contributed by atoms with Crippen molar-refractivity contribution in [1.82, 2.24) is 5.32 Å². The van der Waals surface area contributed by atoms with Crippen molar-refractivity contribution >= 4 is 11.7 Å². The van der Waals surface area contributed by atoms with Gasteiger partial charge in [0.25, 0.3) is 5.91 Å². The third kappa shape index (κ3) is 5.14. The standard InChI is InChI=1S/C20H22FNO3/c1-4-19(23)16-7-11-18(12-8-16)25-14(3)20(24)22-13(2)15-5-9-17(21)10-6-15/h5-14H,4H2,1-3H3,(H,22,24)/t13-,14+/m1/s1. The normalized spacial score (nSPS) is 13.0. The highest BCUT2D eigenvalue weighted by molar-refractivity contribution is 5.95. The van der Waals surface area contributed by atoms with Crippen LogP contribution in [0.5, 0.6) is 5.75 Å². The van der Waals surface area contributed by atoms with Crippen molar-refractivity contribution in [2.45, 2.75) is 39.3 Å². The number of ether oxygens (including phenoxy) is 1. The van der Waals surface area contributed by atoms with Crippen LogP contribution in [0.15, 0.2) is 48.5 Å². The fraction of sp³-hybridized carbons (Fsp3) is 0.300. The summed E-state index contributed by atoms with van der Waals surface area (Å²) in [5, 5.41) is 2.83. The maximum absolute atomic E-state index is 13.0. The van der Waals surface area contributed by atoms with Gasteiger partial charge in [-0.1, -0.05) is 19.1 Å². The monoisotopic (exact) mass is 343 g/mol. The first-order valence-electron chi connectivity index (χ1n) is 8.26. The molecular weight excluding hydrogens is 321 g/mol. The molecule has 0 radical (unpaired) electrons. The van der Waals surface area contributed by atoms with E-state index in [1.807, 2.05) is 6.92 Å². The quantitative estimate of drug-likeness (QED) is 0.771. The largest absolute Gasteiger partial charge is 0.481 e. The summed E-state index contributed by atoms with van der Waals surface area (Å²) in [6.07, 6.45) is -0.254. The zero-order valence-corrected chi connectivity index (χ0v) is 14.6. The number of hydrogen-bond donors (Lipinski definition) is 1. The molecule has 2 aromatic rings. The summed E-state index contributed by atoms with van der Waals surface area (Å²) < 4.78 is 18.6. The van der Waals surface area contributed by atoms with Gasteiger partial charge in [0.05, 0.1) is 6.04 Å². The Morgan fingerprint density at radius 1 is 1.04 bits per heavy atom. The molecule has 2 aromatic carbocycles. The van der Waals surface area contributed by atoms with E-state index in [4.69, 9.17) is 4.74 Å². The van der Waals surface area contributed by atoms with Gasteiger partial charge in [0.2, 0.25) is 0 Å². The molecule has 0 saturated carbocycles. The zero-order chi connectivity index (χ0) is 18.4. The molecule has 5 heteroatoms. The molecule has 0 aliphatic carbocycles. The van der Waals surface area contributed by atoms with Crippen molar-refractivity contribution in [3.8, 4) is 5.75 Å². The summed E-state index contributed by atoms with van der Waals surface area (Å²) in [4.78, 5) is 23.9. The summed E-state index contributed by atoms with van der Waals surface area (Å²) >= 11 is 0. The highest BCUT2D eigenvalue weighted by atomic mass is 19.1. The second-order valence-corrected chi connectivity index (χ2v) is 5.84. The first-order valence-corrected chi connectivity index (χ1v) is 8.26. The Labute approximate surface area is 147 Å². The topological polar surface area (TPSA) is 55.4 Å². The molecule has 0 spiro atoms. The van der Waals surface area contributed by atoms with E-state index in [9.17, 15) is 14.0 Å². The van der Waals surface area contributed by atoms with Crippen molar-refractivity contribution in [1.29, 1.82) is 0 Å². The lowest BCUT2D eigenvalue weighted by Gasteiger charge is -2.19. The van der Waals surface area contributed by atoms with Crippen LogP contribution in [-0.2, 0) is 4.79 Å². The molecule has 1 amide bonds. The summed E-state index contributed by atoms with van der Waals surface area (Å²) in [5.74, 6) is -0.00952. The lowest BCUT2D eigenvalue weighted by Crippen LogP contribution is -2.37. The molecule has 0 heterocycles. The van der Waals surface area contributed by atoms with Crippen LogP contribution in [0.3, 0.4) is 0 Å². The van der Waals surface area contributed by atoms with E-state index >= 15 is 0 Å². The summed E-state index contributed by atoms with van der Waals surface area (Å²) in [5.41, 5.74) is 1.43. The first kappa shape index (κ1) is 18.6. The number of nitrogens with one attached hydrogen (secondary N) is 1. The molecule has 25 heavy (non-hydrogen) atoms. The number of Topliss-reactive ketones (excluding diaryl/α,β-unsaturated/α-hetero) is 1. The number of amides is 1. The number of benzene rings is 2. The van der Waals surface area contributed by atoms with Crippen LogP contribution in [0.4, 0.5) is 4.39 Å². The van der Waals surface area contributed by atoms with Gasteiger partial charge >= 0.3 is 0 Å². The van der Waals surface area contributed by atoms with Gasteiger partial charge in [-0.15, -0.1) is 0 Å². The van der Waals surface area contributed by atoms with Crippen molar-refractivity contribution in [3.05, 3.63) is 65.5 Å². The van der Waals surface area contributed by atoms with Gasteiger partial charge in [0, 0.05) is 12.0 Å². The Balaban J connectivity index is 1.93. The second kappa shape index (κ2) is 8.42. The average Bonchev–Trinajstić information content (AvgIpc) is 2.62. The van der Waals surface area contributed by atoms with E-state index in [-0.39, 0.29) is 23.5 Å². The Kier molecular flexibility index (Phi) is 6.28. The third-order valence-corrected chi connectivity index (χ3v) is 3.91. The fourth-order valence-corrected chi connectivity index (χ4v) is 2.35. The summed E-state index contributed by atoms with van der Waals surface area (Å²) in [6, 6.07) is 12.5. The van der Waals surface area contributed by atoms with Gasteiger partial charge in [0.15, 0.2) is 11.9 Å². The number of hydrogen-bond acceptors (Lipinski definition) is 3. The Morgan fingerprint density at radius 3 is 2.20 bits per heavy atom. The van der Waals surface area contributed by atoms with Crippen LogP contribution < -0.4 is 10.1 Å². The minimum atomic E-state index is -0.698. The second-order valence-electron chi connectivity index (χ2n) is 5.84. The maximum atomic E-state index is 13.0. The van der Waals surface area contributed by atoms with E-state index < -0.39 is 6.10 Å². The Morgan fingerprint density at radius 2 is 1.64 bits per heavy atom. The van der Waals surface area contributed by atoms with Crippen LogP contribution >= 0.6 is 0 Å². The number of ketones is 1. The zero-order valence-electron chi connectivity index (χ0n) is 14.6. The average molecular weight is 343 g/mol.